The maximum Gasteiger partial charge on any atom is 0.114 e. The van der Waals surface area contributed by atoms with E-state index in [1.165, 1.54) is 41.8 Å². The summed E-state index contributed by atoms with van der Waals surface area (Å²) in [6.45, 7) is 4.27. The second-order valence-electron chi connectivity index (χ2n) is 5.55. The van der Waals surface area contributed by atoms with E-state index in [2.05, 4.69) is 32.0 Å². The molecule has 0 atom stereocenters. The Hall–Kier alpha value is -1.35. The van der Waals surface area contributed by atoms with Crippen molar-refractivity contribution in [1.29, 1.82) is 0 Å². The van der Waals surface area contributed by atoms with Gasteiger partial charge in [-0.05, 0) is 43.9 Å². The van der Waals surface area contributed by atoms with Crippen LogP contribution in [0.3, 0.4) is 0 Å². The molecule has 1 aromatic heterocycles. The molecule has 3 rings (SSSR count). The number of aryl methyl sites for hydroxylation is 2. The average Bonchev–Trinajstić information content (AvgIpc) is 3.01. The fraction of sp³-hybridized carbons (Fsp3) is 0.438. The highest BCUT2D eigenvalue weighted by Crippen LogP contribution is 2.40. The molecule has 100 valence electrons. The molecule has 0 aliphatic heterocycles. The van der Waals surface area contributed by atoms with E-state index in [9.17, 15) is 0 Å². The van der Waals surface area contributed by atoms with Crippen LogP contribution in [0.25, 0.3) is 11.3 Å². The van der Waals surface area contributed by atoms with E-state index in [4.69, 9.17) is 10.7 Å². The predicted molar refractivity (Wildman–Crippen MR) is 82.6 cm³/mol. The lowest BCUT2D eigenvalue weighted by Crippen LogP contribution is -1.91. The number of rotatable bonds is 2. The number of nitrogen functional groups attached to an aromatic ring is 1. The molecule has 1 aliphatic carbocycles. The molecule has 1 saturated carbocycles. The van der Waals surface area contributed by atoms with Crippen molar-refractivity contribution >= 4 is 16.3 Å². The summed E-state index contributed by atoms with van der Waals surface area (Å²) in [5.74, 6) is 0.646. The van der Waals surface area contributed by atoms with Gasteiger partial charge in [0.2, 0.25) is 0 Å². The normalized spacial score (nSPS) is 16.1. The zero-order valence-electron chi connectivity index (χ0n) is 11.6. The second kappa shape index (κ2) is 4.97. The van der Waals surface area contributed by atoms with Gasteiger partial charge in [0.25, 0.3) is 0 Å². The van der Waals surface area contributed by atoms with E-state index in [-0.39, 0.29) is 0 Å². The summed E-state index contributed by atoms with van der Waals surface area (Å²) in [5, 5.41) is 2.10. The lowest BCUT2D eigenvalue weighted by Gasteiger charge is -2.04. The number of hydrogen-bond acceptors (Lipinski definition) is 3. The number of nitrogens with zero attached hydrogens (tertiary/aromatic N) is 1. The van der Waals surface area contributed by atoms with E-state index >= 15 is 0 Å². The number of aromatic nitrogens is 1. The molecule has 1 fully saturated rings. The summed E-state index contributed by atoms with van der Waals surface area (Å²) in [5.41, 5.74) is 10.9. The van der Waals surface area contributed by atoms with Crippen LogP contribution in [-0.4, -0.2) is 4.98 Å². The molecular formula is C16H20N2S. The van der Waals surface area contributed by atoms with Gasteiger partial charge in [-0.3, -0.25) is 0 Å². The Morgan fingerprint density at radius 2 is 1.89 bits per heavy atom. The van der Waals surface area contributed by atoms with E-state index in [0.29, 0.717) is 5.92 Å². The number of nitrogens with two attached hydrogens (primary N) is 1. The first-order valence-corrected chi connectivity index (χ1v) is 7.80. The molecule has 0 radical (unpaired) electrons. The standard InChI is InChI=1S/C16H20N2S/c1-10-7-8-13(9-11(10)2)14-15(17)19-16(18-14)12-5-3-4-6-12/h7-9,12H,3-6,17H2,1-2H3. The van der Waals surface area contributed by atoms with Gasteiger partial charge >= 0.3 is 0 Å². The van der Waals surface area contributed by atoms with Gasteiger partial charge < -0.3 is 5.73 Å². The molecular weight excluding hydrogens is 252 g/mol. The molecule has 2 aromatic rings. The van der Waals surface area contributed by atoms with Crippen molar-refractivity contribution in [1.82, 2.24) is 4.98 Å². The van der Waals surface area contributed by atoms with Crippen molar-refractivity contribution in [3.63, 3.8) is 0 Å². The molecule has 3 heteroatoms. The fourth-order valence-electron chi connectivity index (χ4n) is 2.79. The molecule has 2 N–H and O–H groups in total. The van der Waals surface area contributed by atoms with E-state index < -0.39 is 0 Å². The molecule has 0 saturated heterocycles. The van der Waals surface area contributed by atoms with Gasteiger partial charge in [0.15, 0.2) is 0 Å². The Bertz CT molecular complexity index is 595. The largest absolute Gasteiger partial charge is 0.389 e. The Labute approximate surface area is 118 Å². The van der Waals surface area contributed by atoms with Crippen LogP contribution < -0.4 is 5.73 Å². The van der Waals surface area contributed by atoms with Crippen molar-refractivity contribution < 1.29 is 0 Å². The van der Waals surface area contributed by atoms with Crippen LogP contribution in [0.1, 0.15) is 47.7 Å². The van der Waals surface area contributed by atoms with Crippen LogP contribution in [0.4, 0.5) is 5.00 Å². The summed E-state index contributed by atoms with van der Waals surface area (Å²) in [4.78, 5) is 4.83. The zero-order valence-corrected chi connectivity index (χ0v) is 12.4. The molecule has 1 aliphatic rings. The van der Waals surface area contributed by atoms with Crippen LogP contribution in [0.5, 0.6) is 0 Å². The smallest absolute Gasteiger partial charge is 0.114 e. The Morgan fingerprint density at radius 3 is 2.58 bits per heavy atom. The molecule has 1 heterocycles. The van der Waals surface area contributed by atoms with Gasteiger partial charge in [-0.25, -0.2) is 4.98 Å². The number of benzene rings is 1. The SMILES string of the molecule is Cc1ccc(-c2nc(C3CCCC3)sc2N)cc1C. The summed E-state index contributed by atoms with van der Waals surface area (Å²) < 4.78 is 0. The monoisotopic (exact) mass is 272 g/mol. The topological polar surface area (TPSA) is 38.9 Å². The minimum absolute atomic E-state index is 0.646. The van der Waals surface area contributed by atoms with E-state index in [1.54, 1.807) is 11.3 Å². The summed E-state index contributed by atoms with van der Waals surface area (Å²) in [6.07, 6.45) is 5.23. The molecule has 0 bridgehead atoms. The number of hydrogen-bond donors (Lipinski definition) is 1. The van der Waals surface area contributed by atoms with Gasteiger partial charge in [0.05, 0.1) is 5.01 Å². The first kappa shape index (κ1) is 12.7. The van der Waals surface area contributed by atoms with Crippen LogP contribution in [0.15, 0.2) is 18.2 Å². The van der Waals surface area contributed by atoms with Crippen molar-refractivity contribution in [2.45, 2.75) is 45.4 Å². The van der Waals surface area contributed by atoms with E-state index in [0.717, 1.165) is 16.3 Å². The van der Waals surface area contributed by atoms with Gasteiger partial charge in [-0.1, -0.05) is 25.0 Å². The number of anilines is 1. The first-order chi connectivity index (χ1) is 9.15. The van der Waals surface area contributed by atoms with E-state index in [1.807, 2.05) is 0 Å². The number of thiazole rings is 1. The van der Waals surface area contributed by atoms with Gasteiger partial charge in [-0.15, -0.1) is 11.3 Å². The third-order valence-corrected chi connectivity index (χ3v) is 5.20. The lowest BCUT2D eigenvalue weighted by molar-refractivity contribution is 0.717. The van der Waals surface area contributed by atoms with Crippen molar-refractivity contribution in [2.24, 2.45) is 0 Å². The minimum atomic E-state index is 0.646. The predicted octanol–water partition coefficient (Wildman–Crippen LogP) is 4.67. The van der Waals surface area contributed by atoms with Gasteiger partial charge in [0.1, 0.15) is 10.7 Å². The molecule has 0 spiro atoms. The Kier molecular flexibility index (Phi) is 3.31. The molecule has 0 unspecified atom stereocenters. The zero-order chi connectivity index (χ0) is 13.4. The second-order valence-corrected chi connectivity index (χ2v) is 6.61. The van der Waals surface area contributed by atoms with Crippen LogP contribution >= 0.6 is 11.3 Å². The minimum Gasteiger partial charge on any atom is -0.389 e. The molecule has 19 heavy (non-hydrogen) atoms. The van der Waals surface area contributed by atoms with Crippen molar-refractivity contribution in [3.05, 3.63) is 34.3 Å². The lowest BCUT2D eigenvalue weighted by atomic mass is 10.0. The fourth-order valence-corrected chi connectivity index (χ4v) is 3.82. The average molecular weight is 272 g/mol. The Balaban J connectivity index is 1.97. The molecule has 0 amide bonds. The third-order valence-electron chi connectivity index (χ3n) is 4.15. The summed E-state index contributed by atoms with van der Waals surface area (Å²) in [7, 11) is 0. The maximum absolute atomic E-state index is 6.19. The highest BCUT2D eigenvalue weighted by molar-refractivity contribution is 7.16. The highest BCUT2D eigenvalue weighted by atomic mass is 32.1. The van der Waals surface area contributed by atoms with Crippen LogP contribution in [-0.2, 0) is 0 Å². The molecule has 2 nitrogen and oxygen atoms in total. The first-order valence-electron chi connectivity index (χ1n) is 6.99. The Morgan fingerprint density at radius 1 is 1.16 bits per heavy atom. The van der Waals surface area contributed by atoms with Gasteiger partial charge in [-0.2, -0.15) is 0 Å². The van der Waals surface area contributed by atoms with Crippen molar-refractivity contribution in [3.8, 4) is 11.3 Å². The van der Waals surface area contributed by atoms with Crippen molar-refractivity contribution in [2.75, 3.05) is 5.73 Å². The van der Waals surface area contributed by atoms with Crippen LogP contribution in [0.2, 0.25) is 0 Å². The summed E-state index contributed by atoms with van der Waals surface area (Å²) in [6, 6.07) is 6.48. The van der Waals surface area contributed by atoms with Gasteiger partial charge in [0, 0.05) is 11.5 Å². The third kappa shape index (κ3) is 2.39. The quantitative estimate of drug-likeness (QED) is 0.863. The molecule has 1 aromatic carbocycles. The maximum atomic E-state index is 6.19. The highest BCUT2D eigenvalue weighted by Gasteiger charge is 2.22. The summed E-state index contributed by atoms with van der Waals surface area (Å²) >= 11 is 1.68. The van der Waals surface area contributed by atoms with Crippen LogP contribution in [0, 0.1) is 13.8 Å².